The number of hydrogen-bond donors (Lipinski definition) is 1. The van der Waals surface area contributed by atoms with Crippen molar-refractivity contribution >= 4 is 16.4 Å². The highest BCUT2D eigenvalue weighted by molar-refractivity contribution is 7.80. The smallest absolute Gasteiger partial charge is 0.337 e. The van der Waals surface area contributed by atoms with Crippen LogP contribution in [-0.4, -0.2) is 32.3 Å². The van der Waals surface area contributed by atoms with Crippen LogP contribution in [0.25, 0.3) is 0 Å². The van der Waals surface area contributed by atoms with Crippen LogP contribution in [0.3, 0.4) is 0 Å². The fourth-order valence-corrected chi connectivity index (χ4v) is 0.283. The molecule has 7 nitrogen and oxygen atoms in total. The molecule has 0 saturated heterocycles. The monoisotopic (exact) mass is 241 g/mol. The molecule has 0 amide bonds. The van der Waals surface area contributed by atoms with Crippen LogP contribution in [0.1, 0.15) is 13.8 Å². The Morgan fingerprint density at radius 1 is 1.53 bits per heavy atom. The summed E-state index contributed by atoms with van der Waals surface area (Å²) < 4.78 is 35.7. The van der Waals surface area contributed by atoms with E-state index in [9.17, 15) is 17.8 Å². The van der Waals surface area contributed by atoms with Gasteiger partial charge in [0, 0.05) is 12.5 Å². The topological polar surface area (TPSA) is 120 Å². The number of hydrogen-bond acceptors (Lipinski definition) is 6. The molecule has 0 radical (unpaired) electrons. The predicted octanol–water partition coefficient (Wildman–Crippen LogP) is -1.21. The van der Waals surface area contributed by atoms with Gasteiger partial charge in [0.05, 0.1) is 7.11 Å². The van der Waals surface area contributed by atoms with Crippen molar-refractivity contribution in [1.82, 2.24) is 0 Å². The highest BCUT2D eigenvalue weighted by Crippen LogP contribution is 1.91. The Hall–Kier alpha value is -0.960. The molecule has 90 valence electrons. The first-order chi connectivity index (χ1) is 6.60. The van der Waals surface area contributed by atoms with Crippen LogP contribution in [0.2, 0.25) is 0 Å². The minimum Gasteiger partial charge on any atom is -0.726 e. The molecule has 1 atom stereocenters. The van der Waals surface area contributed by atoms with E-state index in [0.717, 1.165) is 7.11 Å². The van der Waals surface area contributed by atoms with E-state index in [1.807, 2.05) is 0 Å². The van der Waals surface area contributed by atoms with Gasteiger partial charge in [0.15, 0.2) is 0 Å². The minimum atomic E-state index is -4.41. The maximum Gasteiger partial charge on any atom is 0.337 e. The van der Waals surface area contributed by atoms with E-state index in [1.165, 1.54) is 0 Å². The SMILES string of the molecule is C=C(C)C(=O)OC(C)[NH3+].COS(=O)(=O)[O-]. The molecular formula is C7H15NO6S. The van der Waals surface area contributed by atoms with Gasteiger partial charge in [-0.15, -0.1) is 0 Å². The summed E-state index contributed by atoms with van der Waals surface area (Å²) in [4.78, 5) is 10.6. The van der Waals surface area contributed by atoms with Gasteiger partial charge in [0.25, 0.3) is 0 Å². The summed E-state index contributed by atoms with van der Waals surface area (Å²) in [5.74, 6) is -0.377. The van der Waals surface area contributed by atoms with Crippen LogP contribution >= 0.6 is 0 Å². The Labute approximate surface area is 88.8 Å². The molecule has 0 bridgehead atoms. The second kappa shape index (κ2) is 7.35. The lowest BCUT2D eigenvalue weighted by Crippen LogP contribution is -2.61. The Morgan fingerprint density at radius 2 is 1.87 bits per heavy atom. The van der Waals surface area contributed by atoms with Crippen molar-refractivity contribution in [2.24, 2.45) is 0 Å². The molecule has 1 unspecified atom stereocenters. The zero-order valence-corrected chi connectivity index (χ0v) is 9.67. The molecule has 0 aliphatic carbocycles. The Balaban J connectivity index is 0. The van der Waals surface area contributed by atoms with Gasteiger partial charge in [-0.25, -0.2) is 13.2 Å². The number of carbonyl (C=O) groups excluding carboxylic acids is 1. The molecule has 0 aromatic heterocycles. The van der Waals surface area contributed by atoms with Crippen LogP contribution in [0, 0.1) is 0 Å². The predicted molar refractivity (Wildman–Crippen MR) is 50.0 cm³/mol. The van der Waals surface area contributed by atoms with Crippen LogP contribution in [0.15, 0.2) is 12.2 Å². The summed E-state index contributed by atoms with van der Waals surface area (Å²) in [6, 6.07) is 0. The van der Waals surface area contributed by atoms with Gasteiger partial charge in [-0.2, -0.15) is 0 Å². The van der Waals surface area contributed by atoms with Gasteiger partial charge in [0.2, 0.25) is 16.6 Å². The summed E-state index contributed by atoms with van der Waals surface area (Å²) in [5.41, 5.74) is 3.88. The van der Waals surface area contributed by atoms with E-state index >= 15 is 0 Å². The maximum absolute atomic E-state index is 10.6. The zero-order valence-electron chi connectivity index (χ0n) is 8.85. The van der Waals surface area contributed by atoms with Gasteiger partial charge in [-0.1, -0.05) is 6.58 Å². The minimum absolute atomic E-state index is 0.297. The summed E-state index contributed by atoms with van der Waals surface area (Å²) >= 11 is 0. The first-order valence-electron chi connectivity index (χ1n) is 3.81. The lowest BCUT2D eigenvalue weighted by molar-refractivity contribution is -0.473. The molecule has 0 spiro atoms. The molecule has 0 saturated carbocycles. The normalized spacial score (nSPS) is 12.1. The Morgan fingerprint density at radius 3 is 1.93 bits per heavy atom. The first-order valence-corrected chi connectivity index (χ1v) is 5.14. The third kappa shape index (κ3) is 15.8. The average Bonchev–Trinajstić information content (AvgIpc) is 2.02. The largest absolute Gasteiger partial charge is 0.726 e. The van der Waals surface area contributed by atoms with Crippen LogP contribution in [-0.2, 0) is 24.1 Å². The molecular weight excluding hydrogens is 226 g/mol. The van der Waals surface area contributed by atoms with Crippen LogP contribution in [0.4, 0.5) is 0 Å². The van der Waals surface area contributed by atoms with Gasteiger partial charge in [0.1, 0.15) is 0 Å². The first kappa shape index (κ1) is 16.5. The quantitative estimate of drug-likeness (QED) is 0.217. The van der Waals surface area contributed by atoms with Crippen molar-refractivity contribution < 1.29 is 32.4 Å². The average molecular weight is 241 g/mol. The van der Waals surface area contributed by atoms with E-state index in [4.69, 9.17) is 0 Å². The van der Waals surface area contributed by atoms with Crippen molar-refractivity contribution in [2.75, 3.05) is 7.11 Å². The van der Waals surface area contributed by atoms with E-state index in [1.54, 1.807) is 13.8 Å². The standard InChI is InChI=1S/C6H11NO2.CH4O4S/c1-4(2)6(8)9-5(3)7;1-5-6(2,3)4/h5H,1,7H2,2-3H3;1H3,(H,2,3,4). The zero-order chi connectivity index (χ0) is 12.6. The van der Waals surface area contributed by atoms with Gasteiger partial charge in [-0.3, -0.25) is 4.18 Å². The Kier molecular flexibility index (Phi) is 8.07. The lowest BCUT2D eigenvalue weighted by Gasteiger charge is -2.02. The fraction of sp³-hybridized carbons (Fsp3) is 0.571. The molecule has 0 rings (SSSR count). The molecule has 0 fully saturated rings. The summed E-state index contributed by atoms with van der Waals surface area (Å²) in [6.45, 7) is 6.70. The van der Waals surface area contributed by atoms with Gasteiger partial charge >= 0.3 is 5.97 Å². The molecule has 0 aliphatic heterocycles. The number of quaternary nitrogens is 1. The van der Waals surface area contributed by atoms with Crippen LogP contribution < -0.4 is 5.73 Å². The van der Waals surface area contributed by atoms with Gasteiger partial charge < -0.3 is 15.0 Å². The highest BCUT2D eigenvalue weighted by Gasteiger charge is 2.06. The summed E-state index contributed by atoms with van der Waals surface area (Å²) in [6.07, 6.45) is -0.297. The molecule has 0 aromatic carbocycles. The molecule has 0 aromatic rings. The molecule has 8 heteroatoms. The highest BCUT2D eigenvalue weighted by atomic mass is 32.3. The molecule has 0 heterocycles. The van der Waals surface area contributed by atoms with E-state index in [2.05, 4.69) is 21.2 Å². The molecule has 0 aliphatic rings. The van der Waals surface area contributed by atoms with Crippen molar-refractivity contribution in [2.45, 2.75) is 20.1 Å². The second-order valence-electron chi connectivity index (χ2n) is 2.57. The van der Waals surface area contributed by atoms with E-state index in [0.29, 0.717) is 5.57 Å². The summed E-state index contributed by atoms with van der Waals surface area (Å²) in [5, 5.41) is 0. The second-order valence-corrected chi connectivity index (χ2v) is 3.72. The lowest BCUT2D eigenvalue weighted by atomic mass is 10.4. The summed E-state index contributed by atoms with van der Waals surface area (Å²) in [7, 11) is -3.60. The number of esters is 1. The number of ether oxygens (including phenoxy) is 1. The van der Waals surface area contributed by atoms with Crippen molar-refractivity contribution in [3.05, 3.63) is 12.2 Å². The van der Waals surface area contributed by atoms with Crippen LogP contribution in [0.5, 0.6) is 0 Å². The number of rotatable bonds is 3. The van der Waals surface area contributed by atoms with Gasteiger partial charge in [-0.05, 0) is 6.92 Å². The third-order valence-corrected chi connectivity index (χ3v) is 1.27. The third-order valence-electron chi connectivity index (χ3n) is 0.861. The fourth-order valence-electron chi connectivity index (χ4n) is 0.283. The van der Waals surface area contributed by atoms with Crippen molar-refractivity contribution in [3.63, 3.8) is 0 Å². The number of carbonyl (C=O) groups is 1. The molecule has 3 N–H and O–H groups in total. The van der Waals surface area contributed by atoms with E-state index in [-0.39, 0.29) is 12.2 Å². The molecule has 15 heavy (non-hydrogen) atoms. The van der Waals surface area contributed by atoms with Crippen molar-refractivity contribution in [1.29, 1.82) is 0 Å². The Bertz CT molecular complexity index is 307. The maximum atomic E-state index is 10.6. The van der Waals surface area contributed by atoms with E-state index < -0.39 is 10.4 Å². The van der Waals surface area contributed by atoms with Crippen molar-refractivity contribution in [3.8, 4) is 0 Å².